The van der Waals surface area contributed by atoms with Crippen molar-refractivity contribution in [3.63, 3.8) is 0 Å². The molecule has 3 rings (SSSR count). The van der Waals surface area contributed by atoms with Gasteiger partial charge in [0, 0.05) is 6.54 Å². The van der Waals surface area contributed by atoms with Crippen LogP contribution >= 0.6 is 0 Å². The minimum absolute atomic E-state index is 0.0159. The normalized spacial score (nSPS) is 13.6. The van der Waals surface area contributed by atoms with Gasteiger partial charge >= 0.3 is 0 Å². The fourth-order valence-corrected chi connectivity index (χ4v) is 4.43. The van der Waals surface area contributed by atoms with Crippen LogP contribution in [0.5, 0.6) is 0 Å². The van der Waals surface area contributed by atoms with Crippen LogP contribution in [0.2, 0.25) is 0 Å². The molecule has 0 aliphatic carbocycles. The van der Waals surface area contributed by atoms with E-state index in [1.807, 2.05) is 78.9 Å². The van der Waals surface area contributed by atoms with Gasteiger partial charge in [-0.15, -0.1) is 0 Å². The summed E-state index contributed by atoms with van der Waals surface area (Å²) in [6.07, 6.45) is 6.39. The van der Waals surface area contributed by atoms with Crippen LogP contribution in [0, 0.1) is 0 Å². The molecule has 3 aromatic rings. The second-order valence-corrected chi connectivity index (χ2v) is 7.50. The van der Waals surface area contributed by atoms with E-state index in [1.165, 1.54) is 0 Å². The van der Waals surface area contributed by atoms with Gasteiger partial charge in [-0.3, -0.25) is 4.21 Å². The Bertz CT molecular complexity index is 857. The zero-order valence-electron chi connectivity index (χ0n) is 14.8. The molecule has 0 unspecified atom stereocenters. The van der Waals surface area contributed by atoms with Crippen LogP contribution in [0.4, 0.5) is 5.69 Å². The Morgan fingerprint density at radius 2 is 1.81 bits per heavy atom. The van der Waals surface area contributed by atoms with Crippen molar-refractivity contribution in [3.05, 3.63) is 90.4 Å². The van der Waals surface area contributed by atoms with Crippen LogP contribution < -0.4 is 5.32 Å². The van der Waals surface area contributed by atoms with Crippen molar-refractivity contribution in [3.8, 4) is 0 Å². The van der Waals surface area contributed by atoms with E-state index in [-0.39, 0.29) is 5.25 Å². The van der Waals surface area contributed by atoms with Gasteiger partial charge in [0.05, 0.1) is 32.9 Å². The van der Waals surface area contributed by atoms with E-state index in [1.54, 1.807) is 6.26 Å². The molecule has 0 bridgehead atoms. The van der Waals surface area contributed by atoms with E-state index in [0.717, 1.165) is 28.3 Å². The molecule has 0 aliphatic rings. The lowest BCUT2D eigenvalue weighted by atomic mass is 10.1. The van der Waals surface area contributed by atoms with Crippen LogP contribution in [0.1, 0.15) is 29.9 Å². The fourth-order valence-electron chi connectivity index (χ4n) is 2.85. The molecule has 3 nitrogen and oxygen atoms in total. The molecule has 26 heavy (non-hydrogen) atoms. The highest BCUT2D eigenvalue weighted by Crippen LogP contribution is 2.31. The zero-order valence-corrected chi connectivity index (χ0v) is 15.6. The van der Waals surface area contributed by atoms with Gasteiger partial charge in [0.2, 0.25) is 0 Å². The summed E-state index contributed by atoms with van der Waals surface area (Å²) in [5.74, 6) is 0.818. The summed E-state index contributed by atoms with van der Waals surface area (Å²) >= 11 is 0. The molecule has 0 saturated heterocycles. The summed E-state index contributed by atoms with van der Waals surface area (Å²) in [5, 5.41) is 3.35. The molecule has 0 spiro atoms. The van der Waals surface area contributed by atoms with Crippen LogP contribution in [-0.4, -0.2) is 10.8 Å². The maximum absolute atomic E-state index is 13.3. The molecule has 1 N–H and O–H groups in total. The van der Waals surface area contributed by atoms with E-state index < -0.39 is 10.8 Å². The number of rotatable bonds is 8. The lowest BCUT2D eigenvalue weighted by Gasteiger charge is -2.18. The minimum atomic E-state index is -1.12. The highest BCUT2D eigenvalue weighted by atomic mass is 32.2. The minimum Gasteiger partial charge on any atom is -0.465 e. The number of furan rings is 1. The van der Waals surface area contributed by atoms with Crippen LogP contribution in [-0.2, 0) is 10.8 Å². The van der Waals surface area contributed by atoms with Crippen LogP contribution in [0.15, 0.2) is 88.4 Å². The molecular formula is C22H23NO2S. The van der Waals surface area contributed by atoms with Crippen molar-refractivity contribution in [2.45, 2.75) is 23.5 Å². The van der Waals surface area contributed by atoms with Gasteiger partial charge in [-0.05, 0) is 42.3 Å². The van der Waals surface area contributed by atoms with Gasteiger partial charge in [-0.2, -0.15) is 0 Å². The van der Waals surface area contributed by atoms with Gasteiger partial charge in [-0.25, -0.2) is 0 Å². The van der Waals surface area contributed by atoms with Crippen LogP contribution in [0.3, 0.4) is 0 Å². The predicted octanol–water partition coefficient (Wildman–Crippen LogP) is 5.66. The molecule has 4 heteroatoms. The third kappa shape index (κ3) is 4.52. The first-order valence-corrected chi connectivity index (χ1v) is 9.99. The van der Waals surface area contributed by atoms with Crippen LogP contribution in [0.25, 0.3) is 6.08 Å². The average molecular weight is 365 g/mol. The Morgan fingerprint density at radius 3 is 2.54 bits per heavy atom. The van der Waals surface area contributed by atoms with E-state index in [9.17, 15) is 4.21 Å². The second kappa shape index (κ2) is 9.20. The number of hydrogen-bond acceptors (Lipinski definition) is 3. The molecule has 1 aromatic heterocycles. The molecule has 0 saturated carbocycles. The Hall–Kier alpha value is -2.59. The molecule has 0 fully saturated rings. The predicted molar refractivity (Wildman–Crippen MR) is 109 cm³/mol. The highest BCUT2D eigenvalue weighted by Gasteiger charge is 2.20. The van der Waals surface area contributed by atoms with Crippen molar-refractivity contribution in [1.82, 2.24) is 0 Å². The van der Waals surface area contributed by atoms with Crippen molar-refractivity contribution >= 4 is 22.6 Å². The van der Waals surface area contributed by atoms with E-state index >= 15 is 0 Å². The Morgan fingerprint density at radius 1 is 1.04 bits per heavy atom. The van der Waals surface area contributed by atoms with E-state index in [0.29, 0.717) is 6.54 Å². The summed E-state index contributed by atoms with van der Waals surface area (Å²) < 4.78 is 18.5. The summed E-state index contributed by atoms with van der Waals surface area (Å²) in [4.78, 5) is 0.842. The molecule has 134 valence electrons. The number of nitrogens with one attached hydrogen (secondary N) is 1. The number of benzene rings is 2. The Balaban J connectivity index is 1.74. The van der Waals surface area contributed by atoms with Gasteiger partial charge in [0.25, 0.3) is 0 Å². The monoisotopic (exact) mass is 365 g/mol. The molecular weight excluding hydrogens is 342 g/mol. The third-order valence-corrected chi connectivity index (χ3v) is 6.05. The van der Waals surface area contributed by atoms with Gasteiger partial charge in [-0.1, -0.05) is 55.5 Å². The maximum atomic E-state index is 13.3. The van der Waals surface area contributed by atoms with E-state index in [4.69, 9.17) is 4.42 Å². The van der Waals surface area contributed by atoms with E-state index in [2.05, 4.69) is 12.2 Å². The van der Waals surface area contributed by atoms with Gasteiger partial charge < -0.3 is 9.73 Å². The number of hydrogen-bond donors (Lipinski definition) is 1. The lowest BCUT2D eigenvalue weighted by Crippen LogP contribution is -2.09. The SMILES string of the molecule is CC[C@H](c1ccccc1)[S@@](=O)c1ccccc1NC/C=C/c1ccco1. The number of para-hydroxylation sites is 1. The second-order valence-electron chi connectivity index (χ2n) is 5.90. The van der Waals surface area contributed by atoms with Gasteiger partial charge in [0.15, 0.2) is 0 Å². The van der Waals surface area contributed by atoms with Crippen molar-refractivity contribution in [2.75, 3.05) is 11.9 Å². The summed E-state index contributed by atoms with van der Waals surface area (Å²) in [6, 6.07) is 21.7. The molecule has 2 atom stereocenters. The first-order valence-electron chi connectivity index (χ1n) is 8.78. The summed E-state index contributed by atoms with van der Waals surface area (Å²) in [5.41, 5.74) is 2.02. The topological polar surface area (TPSA) is 42.2 Å². The third-order valence-electron chi connectivity index (χ3n) is 4.14. The standard InChI is InChI=1S/C22H23NO2S/c1-2-21(18-10-4-3-5-11-18)26(24)22-15-7-6-14-20(22)23-16-8-12-19-13-9-17-25-19/h3-15,17,21,23H,2,16H2,1H3/b12-8+/t21-,26-/m1/s1. The quantitative estimate of drug-likeness (QED) is 0.560. The molecule has 0 radical (unpaired) electrons. The fraction of sp³-hybridized carbons (Fsp3) is 0.182. The average Bonchev–Trinajstić information content (AvgIpc) is 3.20. The van der Waals surface area contributed by atoms with Crippen molar-refractivity contribution in [1.29, 1.82) is 0 Å². The highest BCUT2D eigenvalue weighted by molar-refractivity contribution is 7.85. The van der Waals surface area contributed by atoms with Crippen molar-refractivity contribution in [2.24, 2.45) is 0 Å². The number of anilines is 1. The molecule has 1 heterocycles. The molecule has 0 amide bonds. The van der Waals surface area contributed by atoms with Gasteiger partial charge in [0.1, 0.15) is 5.76 Å². The first kappa shape index (κ1) is 18.2. The largest absolute Gasteiger partial charge is 0.465 e. The molecule has 2 aromatic carbocycles. The smallest absolute Gasteiger partial charge is 0.126 e. The maximum Gasteiger partial charge on any atom is 0.126 e. The summed E-state index contributed by atoms with van der Waals surface area (Å²) in [6.45, 7) is 2.72. The van der Waals surface area contributed by atoms with Crippen molar-refractivity contribution < 1.29 is 8.63 Å². The first-order chi connectivity index (χ1) is 12.8. The Labute approximate surface area is 157 Å². The molecule has 0 aliphatic heterocycles. The zero-order chi connectivity index (χ0) is 18.2. The Kier molecular flexibility index (Phi) is 6.45. The lowest BCUT2D eigenvalue weighted by molar-refractivity contribution is 0.557. The summed E-state index contributed by atoms with van der Waals surface area (Å²) in [7, 11) is -1.12.